The van der Waals surface area contributed by atoms with Crippen LogP contribution in [0.5, 0.6) is 0 Å². The molecule has 1 fully saturated rings. The minimum atomic E-state index is 0.0700. The monoisotopic (exact) mass is 281 g/mol. The van der Waals surface area contributed by atoms with Crippen LogP contribution in [0.25, 0.3) is 5.65 Å². The second-order valence-electron chi connectivity index (χ2n) is 3.94. The fourth-order valence-corrected chi connectivity index (χ4v) is 2.38. The Morgan fingerprint density at radius 3 is 3.06 bits per heavy atom. The zero-order chi connectivity index (χ0) is 11.0. The van der Waals surface area contributed by atoms with E-state index in [0.717, 1.165) is 35.5 Å². The van der Waals surface area contributed by atoms with E-state index < -0.39 is 0 Å². The number of hydrogen-bond acceptors (Lipinski definition) is 3. The predicted octanol–water partition coefficient (Wildman–Crippen LogP) is 2.73. The van der Waals surface area contributed by atoms with Crippen LogP contribution in [0.15, 0.2) is 22.8 Å². The third kappa shape index (κ3) is 1.74. The highest BCUT2D eigenvalue weighted by Crippen LogP contribution is 2.26. The highest BCUT2D eigenvalue weighted by molar-refractivity contribution is 9.10. The molecule has 16 heavy (non-hydrogen) atoms. The Kier molecular flexibility index (Phi) is 2.65. The van der Waals surface area contributed by atoms with E-state index >= 15 is 0 Å². The lowest BCUT2D eigenvalue weighted by atomic mass is 10.1. The van der Waals surface area contributed by atoms with Crippen molar-refractivity contribution in [3.63, 3.8) is 0 Å². The summed E-state index contributed by atoms with van der Waals surface area (Å²) in [5.41, 5.74) is 0.860. The van der Waals surface area contributed by atoms with E-state index in [-0.39, 0.29) is 6.10 Å². The molecule has 1 aliphatic heterocycles. The number of halogens is 1. The average molecular weight is 282 g/mol. The maximum Gasteiger partial charge on any atom is 0.180 e. The summed E-state index contributed by atoms with van der Waals surface area (Å²) in [4.78, 5) is 4.49. The minimum absolute atomic E-state index is 0.0700. The molecule has 1 aliphatic rings. The van der Waals surface area contributed by atoms with Gasteiger partial charge in [-0.3, -0.25) is 0 Å². The molecule has 0 radical (unpaired) electrons. The van der Waals surface area contributed by atoms with Crippen molar-refractivity contribution in [2.75, 3.05) is 6.61 Å². The molecule has 0 saturated carbocycles. The number of rotatable bonds is 1. The van der Waals surface area contributed by atoms with Crippen molar-refractivity contribution in [3.8, 4) is 0 Å². The maximum atomic E-state index is 5.68. The summed E-state index contributed by atoms with van der Waals surface area (Å²) in [6.45, 7) is 0.821. The first kappa shape index (κ1) is 10.2. The number of aromatic nitrogens is 3. The van der Waals surface area contributed by atoms with Crippen LogP contribution < -0.4 is 0 Å². The molecule has 0 bridgehead atoms. The van der Waals surface area contributed by atoms with E-state index in [4.69, 9.17) is 4.74 Å². The third-order valence-corrected chi connectivity index (χ3v) is 3.40. The largest absolute Gasteiger partial charge is 0.370 e. The van der Waals surface area contributed by atoms with Crippen molar-refractivity contribution in [1.29, 1.82) is 0 Å². The second-order valence-corrected chi connectivity index (χ2v) is 4.76. The van der Waals surface area contributed by atoms with Gasteiger partial charge in [0.25, 0.3) is 0 Å². The topological polar surface area (TPSA) is 39.4 Å². The third-order valence-electron chi connectivity index (χ3n) is 2.80. The lowest BCUT2D eigenvalue weighted by Crippen LogP contribution is -2.12. The highest BCUT2D eigenvalue weighted by Gasteiger charge is 2.20. The zero-order valence-electron chi connectivity index (χ0n) is 8.77. The smallest absolute Gasteiger partial charge is 0.180 e. The molecule has 2 aromatic heterocycles. The van der Waals surface area contributed by atoms with Crippen LogP contribution in [-0.2, 0) is 4.74 Å². The summed E-state index contributed by atoms with van der Waals surface area (Å²) >= 11 is 3.45. The average Bonchev–Trinajstić information content (AvgIpc) is 2.76. The molecule has 1 atom stereocenters. The summed E-state index contributed by atoms with van der Waals surface area (Å²) in [6, 6.07) is 5.86. The first-order chi connectivity index (χ1) is 7.84. The summed E-state index contributed by atoms with van der Waals surface area (Å²) < 4.78 is 8.39. The Labute approximate surface area is 102 Å². The molecule has 84 valence electrons. The summed E-state index contributed by atoms with van der Waals surface area (Å²) in [7, 11) is 0. The molecular formula is C11H12BrN3O. The van der Waals surface area contributed by atoms with Crippen molar-refractivity contribution < 1.29 is 4.74 Å². The molecule has 5 heteroatoms. The van der Waals surface area contributed by atoms with E-state index in [1.54, 1.807) is 4.52 Å². The Morgan fingerprint density at radius 2 is 2.31 bits per heavy atom. The molecule has 0 aromatic carbocycles. The van der Waals surface area contributed by atoms with Crippen LogP contribution >= 0.6 is 15.9 Å². The number of nitrogens with zero attached hydrogens (tertiary/aromatic N) is 3. The predicted molar refractivity (Wildman–Crippen MR) is 63.2 cm³/mol. The molecule has 2 aromatic rings. The molecule has 3 rings (SSSR count). The van der Waals surface area contributed by atoms with Crippen LogP contribution in [-0.4, -0.2) is 21.2 Å². The van der Waals surface area contributed by atoms with Gasteiger partial charge >= 0.3 is 0 Å². The quantitative estimate of drug-likeness (QED) is 0.755. The van der Waals surface area contributed by atoms with Gasteiger partial charge in [0.2, 0.25) is 0 Å². The molecule has 4 nitrogen and oxygen atoms in total. The first-order valence-electron chi connectivity index (χ1n) is 5.47. The molecule has 3 heterocycles. The highest BCUT2D eigenvalue weighted by atomic mass is 79.9. The van der Waals surface area contributed by atoms with Gasteiger partial charge in [-0.15, -0.1) is 5.10 Å². The van der Waals surface area contributed by atoms with Crippen LogP contribution in [0.1, 0.15) is 31.2 Å². The Balaban J connectivity index is 2.01. The van der Waals surface area contributed by atoms with Crippen molar-refractivity contribution >= 4 is 21.6 Å². The van der Waals surface area contributed by atoms with Gasteiger partial charge in [-0.05, 0) is 47.3 Å². The second kappa shape index (κ2) is 4.14. The number of ether oxygens (including phenoxy) is 1. The van der Waals surface area contributed by atoms with Gasteiger partial charge in [-0.2, -0.15) is 0 Å². The van der Waals surface area contributed by atoms with Crippen LogP contribution in [0, 0.1) is 0 Å². The number of fused-ring (bicyclic) bond motifs is 1. The van der Waals surface area contributed by atoms with Crippen molar-refractivity contribution in [2.45, 2.75) is 25.4 Å². The van der Waals surface area contributed by atoms with Gasteiger partial charge in [0, 0.05) is 6.61 Å². The molecule has 1 saturated heterocycles. The van der Waals surface area contributed by atoms with Gasteiger partial charge in [-0.25, -0.2) is 9.50 Å². The molecule has 0 N–H and O–H groups in total. The Hall–Kier alpha value is -0.940. The van der Waals surface area contributed by atoms with Crippen LogP contribution in [0.2, 0.25) is 0 Å². The fraction of sp³-hybridized carbons (Fsp3) is 0.455. The molecule has 1 unspecified atom stereocenters. The van der Waals surface area contributed by atoms with E-state index in [1.165, 1.54) is 6.42 Å². The fourth-order valence-electron chi connectivity index (χ4n) is 1.97. The normalized spacial score (nSPS) is 21.4. The summed E-state index contributed by atoms with van der Waals surface area (Å²) in [5, 5.41) is 4.47. The Morgan fingerprint density at radius 1 is 1.38 bits per heavy atom. The lowest BCUT2D eigenvalue weighted by Gasteiger charge is -2.19. The molecular weight excluding hydrogens is 270 g/mol. The lowest BCUT2D eigenvalue weighted by molar-refractivity contribution is 0.00960. The van der Waals surface area contributed by atoms with E-state index in [9.17, 15) is 0 Å². The summed E-state index contributed by atoms with van der Waals surface area (Å²) in [5.74, 6) is 0.798. The number of pyridine rings is 1. The van der Waals surface area contributed by atoms with Gasteiger partial charge in [-0.1, -0.05) is 6.07 Å². The van der Waals surface area contributed by atoms with Crippen molar-refractivity contribution in [3.05, 3.63) is 28.6 Å². The molecule has 0 amide bonds. The van der Waals surface area contributed by atoms with Crippen molar-refractivity contribution in [1.82, 2.24) is 14.6 Å². The van der Waals surface area contributed by atoms with Gasteiger partial charge in [0.15, 0.2) is 11.5 Å². The molecule has 0 spiro atoms. The van der Waals surface area contributed by atoms with Crippen molar-refractivity contribution in [2.24, 2.45) is 0 Å². The van der Waals surface area contributed by atoms with Gasteiger partial charge in [0.1, 0.15) is 10.7 Å². The standard InChI is InChI=1S/C11H12BrN3O/c12-9-5-3-6-10-13-11(14-15(9)10)8-4-1-2-7-16-8/h3,5-6,8H,1-2,4,7H2. The maximum absolute atomic E-state index is 5.68. The van der Waals surface area contributed by atoms with Crippen LogP contribution in [0.4, 0.5) is 0 Å². The van der Waals surface area contributed by atoms with E-state index in [2.05, 4.69) is 26.0 Å². The van der Waals surface area contributed by atoms with Gasteiger partial charge in [0.05, 0.1) is 0 Å². The van der Waals surface area contributed by atoms with E-state index in [0.29, 0.717) is 0 Å². The summed E-state index contributed by atoms with van der Waals surface area (Å²) in [6.07, 6.45) is 3.43. The van der Waals surface area contributed by atoms with Crippen LogP contribution in [0.3, 0.4) is 0 Å². The SMILES string of the molecule is Brc1cccc2nc(C3CCCCO3)nn12. The van der Waals surface area contributed by atoms with E-state index in [1.807, 2.05) is 18.2 Å². The zero-order valence-corrected chi connectivity index (χ0v) is 10.4. The first-order valence-corrected chi connectivity index (χ1v) is 6.27. The molecule has 0 aliphatic carbocycles. The number of hydrogen-bond donors (Lipinski definition) is 0. The Bertz CT molecular complexity index is 505. The minimum Gasteiger partial charge on any atom is -0.370 e. The van der Waals surface area contributed by atoms with Gasteiger partial charge < -0.3 is 4.74 Å².